The van der Waals surface area contributed by atoms with Gasteiger partial charge in [0, 0.05) is 24.8 Å². The van der Waals surface area contributed by atoms with Gasteiger partial charge in [-0.1, -0.05) is 38.0 Å². The van der Waals surface area contributed by atoms with Crippen LogP contribution in [0.25, 0.3) is 0 Å². The van der Waals surface area contributed by atoms with Crippen molar-refractivity contribution in [1.29, 1.82) is 0 Å². The summed E-state index contributed by atoms with van der Waals surface area (Å²) < 4.78 is 5.88. The number of ether oxygens (including phenoxy) is 1. The highest BCUT2D eigenvalue weighted by molar-refractivity contribution is 6.02. The van der Waals surface area contributed by atoms with Crippen molar-refractivity contribution < 1.29 is 14.3 Å². The Hall–Kier alpha value is -1.88. The van der Waals surface area contributed by atoms with E-state index in [1.807, 2.05) is 36.1 Å². The number of carbonyl (C=O) groups is 2. The minimum Gasteiger partial charge on any atom is -0.376 e. The van der Waals surface area contributed by atoms with Crippen LogP contribution in [-0.4, -0.2) is 47.6 Å². The lowest BCUT2D eigenvalue weighted by atomic mass is 9.70. The van der Waals surface area contributed by atoms with Crippen molar-refractivity contribution in [2.45, 2.75) is 82.4 Å². The van der Waals surface area contributed by atoms with Gasteiger partial charge in [-0.05, 0) is 50.7 Å². The molecule has 2 fully saturated rings. The van der Waals surface area contributed by atoms with Crippen LogP contribution in [0.1, 0.15) is 80.6 Å². The minimum absolute atomic E-state index is 0.0635. The fourth-order valence-corrected chi connectivity index (χ4v) is 5.35. The predicted molar refractivity (Wildman–Crippen MR) is 108 cm³/mol. The normalized spacial score (nSPS) is 27.1. The molecule has 1 aromatic rings. The highest BCUT2D eigenvalue weighted by Crippen LogP contribution is 2.50. The van der Waals surface area contributed by atoms with E-state index in [0.29, 0.717) is 12.1 Å². The topological polar surface area (TPSA) is 58.6 Å². The smallest absolute Gasteiger partial charge is 0.254 e. The quantitative estimate of drug-likeness (QED) is 0.843. The molecule has 28 heavy (non-hydrogen) atoms. The zero-order chi connectivity index (χ0) is 19.7. The average molecular weight is 385 g/mol. The fourth-order valence-electron chi connectivity index (χ4n) is 5.35. The van der Waals surface area contributed by atoms with Crippen LogP contribution in [0.3, 0.4) is 0 Å². The number of fused-ring (bicyclic) bond motifs is 1. The first-order valence-electron chi connectivity index (χ1n) is 10.9. The second-order valence-electron chi connectivity index (χ2n) is 8.70. The van der Waals surface area contributed by atoms with Crippen molar-refractivity contribution in [2.75, 3.05) is 13.2 Å². The monoisotopic (exact) mass is 384 g/mol. The Balaban J connectivity index is 1.77. The molecule has 5 nitrogen and oxygen atoms in total. The van der Waals surface area contributed by atoms with Crippen LogP contribution < -0.4 is 5.32 Å². The molecule has 1 saturated heterocycles. The molecule has 1 aliphatic carbocycles. The summed E-state index contributed by atoms with van der Waals surface area (Å²) >= 11 is 0. The number of amides is 2. The fraction of sp³-hybridized carbons (Fsp3) is 0.652. The molecule has 1 spiro atoms. The van der Waals surface area contributed by atoms with Crippen molar-refractivity contribution >= 4 is 11.8 Å². The van der Waals surface area contributed by atoms with E-state index in [1.165, 1.54) is 0 Å². The van der Waals surface area contributed by atoms with Gasteiger partial charge in [0.1, 0.15) is 0 Å². The zero-order valence-corrected chi connectivity index (χ0v) is 17.1. The van der Waals surface area contributed by atoms with Crippen molar-refractivity contribution in [3.05, 3.63) is 35.4 Å². The summed E-state index contributed by atoms with van der Waals surface area (Å²) in [4.78, 5) is 29.1. The number of carbonyl (C=O) groups excluding carboxylic acids is 2. The van der Waals surface area contributed by atoms with E-state index in [0.717, 1.165) is 57.1 Å². The molecular weight excluding hydrogens is 352 g/mol. The van der Waals surface area contributed by atoms with Crippen molar-refractivity contribution in [3.8, 4) is 0 Å². The van der Waals surface area contributed by atoms with E-state index in [2.05, 4.69) is 12.2 Å². The maximum absolute atomic E-state index is 13.6. The van der Waals surface area contributed by atoms with Crippen LogP contribution in [0.5, 0.6) is 0 Å². The molecule has 1 saturated carbocycles. The Kier molecular flexibility index (Phi) is 5.46. The third-order valence-electron chi connectivity index (χ3n) is 6.97. The van der Waals surface area contributed by atoms with Gasteiger partial charge in [0.05, 0.1) is 17.6 Å². The number of rotatable bonds is 5. The number of nitrogens with zero attached hydrogens (tertiary/aromatic N) is 1. The van der Waals surface area contributed by atoms with E-state index in [4.69, 9.17) is 4.74 Å². The summed E-state index contributed by atoms with van der Waals surface area (Å²) in [5, 5.41) is 3.21. The first-order valence-corrected chi connectivity index (χ1v) is 10.9. The van der Waals surface area contributed by atoms with E-state index in [9.17, 15) is 9.59 Å². The summed E-state index contributed by atoms with van der Waals surface area (Å²) in [7, 11) is 0. The number of hydrogen-bond donors (Lipinski definition) is 1. The maximum Gasteiger partial charge on any atom is 0.254 e. The van der Waals surface area contributed by atoms with Gasteiger partial charge in [-0.25, -0.2) is 0 Å². The highest BCUT2D eigenvalue weighted by atomic mass is 16.5. The Bertz CT molecular complexity index is 735. The molecule has 1 aromatic carbocycles. The van der Waals surface area contributed by atoms with Gasteiger partial charge < -0.3 is 15.0 Å². The first kappa shape index (κ1) is 19.4. The third-order valence-corrected chi connectivity index (χ3v) is 6.97. The van der Waals surface area contributed by atoms with Crippen molar-refractivity contribution in [1.82, 2.24) is 10.2 Å². The van der Waals surface area contributed by atoms with Crippen LogP contribution in [0.2, 0.25) is 0 Å². The third kappa shape index (κ3) is 3.24. The molecule has 5 heteroatoms. The zero-order valence-electron chi connectivity index (χ0n) is 17.1. The van der Waals surface area contributed by atoms with Gasteiger partial charge in [-0.15, -0.1) is 0 Å². The largest absolute Gasteiger partial charge is 0.376 e. The van der Waals surface area contributed by atoms with Crippen LogP contribution in [0.4, 0.5) is 0 Å². The molecule has 2 aliphatic heterocycles. The van der Waals surface area contributed by atoms with Crippen LogP contribution >= 0.6 is 0 Å². The average Bonchev–Trinajstić information content (AvgIpc) is 3.38. The van der Waals surface area contributed by atoms with Crippen LogP contribution in [0, 0.1) is 0 Å². The lowest BCUT2D eigenvalue weighted by Crippen LogP contribution is -2.62. The Morgan fingerprint density at radius 2 is 2.04 bits per heavy atom. The highest BCUT2D eigenvalue weighted by Gasteiger charge is 2.56. The van der Waals surface area contributed by atoms with Gasteiger partial charge >= 0.3 is 0 Å². The van der Waals surface area contributed by atoms with E-state index >= 15 is 0 Å². The number of hydrogen-bond acceptors (Lipinski definition) is 3. The molecule has 3 atom stereocenters. The number of benzene rings is 1. The lowest BCUT2D eigenvalue weighted by molar-refractivity contribution is -0.127. The predicted octanol–water partition coefficient (Wildman–Crippen LogP) is 3.63. The summed E-state index contributed by atoms with van der Waals surface area (Å²) in [6.45, 7) is 5.50. The summed E-state index contributed by atoms with van der Waals surface area (Å²) in [6, 6.07) is 7.84. The van der Waals surface area contributed by atoms with E-state index in [1.54, 1.807) is 0 Å². The second-order valence-corrected chi connectivity index (χ2v) is 8.70. The van der Waals surface area contributed by atoms with Gasteiger partial charge in [-0.3, -0.25) is 9.59 Å². The molecule has 0 aromatic heterocycles. The van der Waals surface area contributed by atoms with E-state index in [-0.39, 0.29) is 29.9 Å². The van der Waals surface area contributed by atoms with Crippen LogP contribution in [0.15, 0.2) is 24.3 Å². The Labute approximate surface area is 167 Å². The Morgan fingerprint density at radius 3 is 2.71 bits per heavy atom. The van der Waals surface area contributed by atoms with Crippen molar-refractivity contribution in [3.63, 3.8) is 0 Å². The molecule has 0 unspecified atom stereocenters. The second kappa shape index (κ2) is 7.86. The van der Waals surface area contributed by atoms with Gasteiger partial charge in [0.15, 0.2) is 0 Å². The minimum atomic E-state index is -0.422. The molecular formula is C23H32N2O3. The van der Waals surface area contributed by atoms with Gasteiger partial charge in [-0.2, -0.15) is 0 Å². The standard InChI is InChI=1S/C23H32N2O3/c1-3-16(2)24-21(26)20-18-10-4-5-11-19(18)22(27)25(15-17-9-8-14-28-17)23(20)12-6-7-13-23/h4-5,10-11,16-17,20H,3,6-9,12-15H2,1-2H3,(H,24,26)/t16-,17-,20+/m1/s1. The molecule has 3 aliphatic rings. The lowest BCUT2D eigenvalue weighted by Gasteiger charge is -2.50. The summed E-state index contributed by atoms with van der Waals surface area (Å²) in [5.41, 5.74) is 1.16. The molecule has 0 radical (unpaired) electrons. The molecule has 1 N–H and O–H groups in total. The van der Waals surface area contributed by atoms with Gasteiger partial charge in [0.25, 0.3) is 5.91 Å². The Morgan fingerprint density at radius 1 is 1.29 bits per heavy atom. The SMILES string of the molecule is CC[C@@H](C)NC(=O)[C@@H]1c2ccccc2C(=O)N(C[C@H]2CCCO2)C12CCCC2. The van der Waals surface area contributed by atoms with Crippen LogP contribution in [-0.2, 0) is 9.53 Å². The number of nitrogens with one attached hydrogen (secondary N) is 1. The van der Waals surface area contributed by atoms with Gasteiger partial charge in [0.2, 0.25) is 5.91 Å². The summed E-state index contributed by atoms with van der Waals surface area (Å²) in [6.07, 6.45) is 6.92. The maximum atomic E-state index is 13.6. The summed E-state index contributed by atoms with van der Waals surface area (Å²) in [5.74, 6) is -0.173. The van der Waals surface area contributed by atoms with Crippen molar-refractivity contribution in [2.24, 2.45) is 0 Å². The molecule has 2 heterocycles. The molecule has 2 amide bonds. The van der Waals surface area contributed by atoms with E-state index < -0.39 is 5.54 Å². The molecule has 0 bridgehead atoms. The molecule has 4 rings (SSSR count). The molecule has 152 valence electrons. The first-order chi connectivity index (χ1) is 13.6.